The first-order valence-corrected chi connectivity index (χ1v) is 6.10. The molecular weight excluding hydrogens is 261 g/mol. The normalized spacial score (nSPS) is 19.4. The van der Waals surface area contributed by atoms with E-state index in [1.807, 2.05) is 0 Å². The zero-order valence-corrected chi connectivity index (χ0v) is 9.77. The van der Waals surface area contributed by atoms with E-state index in [9.17, 15) is 0 Å². The van der Waals surface area contributed by atoms with Crippen molar-refractivity contribution < 1.29 is 0 Å². The van der Waals surface area contributed by atoms with Gasteiger partial charge >= 0.3 is 0 Å². The van der Waals surface area contributed by atoms with E-state index < -0.39 is 0 Å². The standard InChI is InChI=1S/C10H18IN/c11-10(12)8-4-7-9-5-2-1-3-6-9/h9,12H,1-8H2. The van der Waals surface area contributed by atoms with Gasteiger partial charge in [-0.05, 0) is 41.4 Å². The number of halogens is 1. The van der Waals surface area contributed by atoms with E-state index in [-0.39, 0.29) is 0 Å². The minimum atomic E-state index is 0.823. The van der Waals surface area contributed by atoms with Crippen molar-refractivity contribution in [1.29, 1.82) is 5.41 Å². The van der Waals surface area contributed by atoms with Gasteiger partial charge in [0.1, 0.15) is 0 Å². The Hall–Kier alpha value is 0.400. The third-order valence-corrected chi connectivity index (χ3v) is 3.27. The van der Waals surface area contributed by atoms with Crippen LogP contribution in [0.1, 0.15) is 51.4 Å². The molecule has 70 valence electrons. The topological polar surface area (TPSA) is 23.9 Å². The van der Waals surface area contributed by atoms with Crippen LogP contribution in [0.5, 0.6) is 0 Å². The van der Waals surface area contributed by atoms with Gasteiger partial charge in [0.2, 0.25) is 0 Å². The molecule has 0 heterocycles. The van der Waals surface area contributed by atoms with Crippen LogP contribution in [0.3, 0.4) is 0 Å². The molecule has 0 bridgehead atoms. The Bertz CT molecular complexity index is 139. The molecule has 0 amide bonds. The van der Waals surface area contributed by atoms with Gasteiger partial charge in [-0.15, -0.1) is 0 Å². The van der Waals surface area contributed by atoms with E-state index in [0.29, 0.717) is 0 Å². The fourth-order valence-electron chi connectivity index (χ4n) is 2.02. The summed E-state index contributed by atoms with van der Waals surface area (Å²) in [7, 11) is 0. The Morgan fingerprint density at radius 1 is 1.25 bits per heavy atom. The van der Waals surface area contributed by atoms with Crippen LogP contribution in [-0.2, 0) is 0 Å². The molecule has 1 fully saturated rings. The second-order valence-electron chi connectivity index (χ2n) is 3.80. The first kappa shape index (κ1) is 10.5. The lowest BCUT2D eigenvalue weighted by atomic mass is 9.86. The van der Waals surface area contributed by atoms with Crippen LogP contribution in [-0.4, -0.2) is 3.72 Å². The predicted octanol–water partition coefficient (Wildman–Crippen LogP) is 4.15. The summed E-state index contributed by atoms with van der Waals surface area (Å²) < 4.78 is 0.823. The number of nitrogens with one attached hydrogen (secondary N) is 1. The van der Waals surface area contributed by atoms with Crippen LogP contribution in [0, 0.1) is 11.3 Å². The number of hydrogen-bond donors (Lipinski definition) is 1. The van der Waals surface area contributed by atoms with Crippen molar-refractivity contribution in [3.8, 4) is 0 Å². The number of hydrogen-bond acceptors (Lipinski definition) is 1. The van der Waals surface area contributed by atoms with Gasteiger partial charge in [0.25, 0.3) is 0 Å². The summed E-state index contributed by atoms with van der Waals surface area (Å²) in [5.41, 5.74) is 0. The minimum Gasteiger partial charge on any atom is -0.299 e. The van der Waals surface area contributed by atoms with Gasteiger partial charge in [-0.25, -0.2) is 0 Å². The molecule has 0 unspecified atom stereocenters. The van der Waals surface area contributed by atoms with Gasteiger partial charge in [-0.3, -0.25) is 5.41 Å². The smallest absolute Gasteiger partial charge is 0.0694 e. The maximum atomic E-state index is 7.30. The van der Waals surface area contributed by atoms with Gasteiger partial charge in [-0.1, -0.05) is 38.5 Å². The lowest BCUT2D eigenvalue weighted by molar-refractivity contribution is 0.334. The van der Waals surface area contributed by atoms with Crippen molar-refractivity contribution in [2.24, 2.45) is 5.92 Å². The van der Waals surface area contributed by atoms with E-state index >= 15 is 0 Å². The van der Waals surface area contributed by atoms with Crippen molar-refractivity contribution in [3.05, 3.63) is 0 Å². The third kappa shape index (κ3) is 4.43. The summed E-state index contributed by atoms with van der Waals surface area (Å²) in [5, 5.41) is 7.30. The lowest BCUT2D eigenvalue weighted by Crippen LogP contribution is -2.06. The van der Waals surface area contributed by atoms with Crippen LogP contribution in [0.15, 0.2) is 0 Å². The molecule has 1 nitrogen and oxygen atoms in total. The van der Waals surface area contributed by atoms with Crippen LogP contribution >= 0.6 is 22.6 Å². The highest BCUT2D eigenvalue weighted by molar-refractivity contribution is 14.1. The highest BCUT2D eigenvalue weighted by Gasteiger charge is 2.12. The van der Waals surface area contributed by atoms with Crippen molar-refractivity contribution >= 4 is 26.3 Å². The first-order chi connectivity index (χ1) is 5.79. The fraction of sp³-hybridized carbons (Fsp3) is 0.900. The Balaban J connectivity index is 2.01. The van der Waals surface area contributed by atoms with Gasteiger partial charge < -0.3 is 0 Å². The summed E-state index contributed by atoms with van der Waals surface area (Å²) in [6.45, 7) is 0. The van der Waals surface area contributed by atoms with Crippen molar-refractivity contribution in [1.82, 2.24) is 0 Å². The summed E-state index contributed by atoms with van der Waals surface area (Å²) in [5.74, 6) is 0.995. The summed E-state index contributed by atoms with van der Waals surface area (Å²) >= 11 is 2.12. The average Bonchev–Trinajstić information content (AvgIpc) is 2.05. The molecule has 0 aromatic rings. The van der Waals surface area contributed by atoms with Crippen LogP contribution in [0.4, 0.5) is 0 Å². The lowest BCUT2D eigenvalue weighted by Gasteiger charge is -2.20. The molecule has 0 spiro atoms. The monoisotopic (exact) mass is 279 g/mol. The molecule has 0 aromatic carbocycles. The van der Waals surface area contributed by atoms with E-state index in [1.165, 1.54) is 44.9 Å². The SMILES string of the molecule is N=C(I)CCCC1CCCCC1. The molecule has 1 rings (SSSR count). The predicted molar refractivity (Wildman–Crippen MR) is 62.2 cm³/mol. The zero-order valence-electron chi connectivity index (χ0n) is 7.61. The zero-order chi connectivity index (χ0) is 8.81. The fourth-order valence-corrected chi connectivity index (χ4v) is 2.40. The Kier molecular flexibility index (Phi) is 5.19. The van der Waals surface area contributed by atoms with E-state index in [4.69, 9.17) is 5.41 Å². The largest absolute Gasteiger partial charge is 0.299 e. The Labute approximate surface area is 89.0 Å². The second-order valence-corrected chi connectivity index (χ2v) is 5.10. The molecule has 1 saturated carbocycles. The molecule has 0 aliphatic heterocycles. The van der Waals surface area contributed by atoms with Crippen molar-refractivity contribution in [3.63, 3.8) is 0 Å². The Morgan fingerprint density at radius 3 is 2.50 bits per heavy atom. The molecule has 1 aliphatic rings. The highest BCUT2D eigenvalue weighted by Crippen LogP contribution is 2.27. The molecule has 1 aliphatic carbocycles. The Morgan fingerprint density at radius 2 is 1.92 bits per heavy atom. The van der Waals surface area contributed by atoms with Crippen LogP contribution < -0.4 is 0 Å². The second kappa shape index (κ2) is 5.95. The average molecular weight is 279 g/mol. The van der Waals surface area contributed by atoms with Crippen molar-refractivity contribution in [2.75, 3.05) is 0 Å². The van der Waals surface area contributed by atoms with E-state index in [1.54, 1.807) is 0 Å². The van der Waals surface area contributed by atoms with Gasteiger partial charge in [0.05, 0.1) is 3.72 Å². The van der Waals surface area contributed by atoms with Crippen LogP contribution in [0.25, 0.3) is 0 Å². The number of rotatable bonds is 4. The molecule has 1 N–H and O–H groups in total. The van der Waals surface area contributed by atoms with E-state index in [0.717, 1.165) is 16.1 Å². The summed E-state index contributed by atoms with van der Waals surface area (Å²) in [6, 6.07) is 0. The molecular formula is C10H18IN. The third-order valence-electron chi connectivity index (χ3n) is 2.73. The van der Waals surface area contributed by atoms with E-state index in [2.05, 4.69) is 22.6 Å². The maximum absolute atomic E-state index is 7.30. The quantitative estimate of drug-likeness (QED) is 0.590. The first-order valence-electron chi connectivity index (χ1n) is 5.02. The molecule has 0 aromatic heterocycles. The van der Waals surface area contributed by atoms with Crippen LogP contribution in [0.2, 0.25) is 0 Å². The summed E-state index contributed by atoms with van der Waals surface area (Å²) in [4.78, 5) is 0. The van der Waals surface area contributed by atoms with Gasteiger partial charge in [0.15, 0.2) is 0 Å². The molecule has 0 atom stereocenters. The molecule has 2 heteroatoms. The molecule has 0 saturated heterocycles. The summed E-state index contributed by atoms with van der Waals surface area (Å²) in [6.07, 6.45) is 10.9. The minimum absolute atomic E-state index is 0.823. The van der Waals surface area contributed by atoms with Gasteiger partial charge in [0, 0.05) is 0 Å². The molecule has 12 heavy (non-hydrogen) atoms. The maximum Gasteiger partial charge on any atom is 0.0694 e. The molecule has 0 radical (unpaired) electrons. The highest BCUT2D eigenvalue weighted by atomic mass is 127. The van der Waals surface area contributed by atoms with Gasteiger partial charge in [-0.2, -0.15) is 0 Å². The van der Waals surface area contributed by atoms with Crippen molar-refractivity contribution in [2.45, 2.75) is 51.4 Å².